The number of nitrogens with one attached hydrogen (secondary N) is 1. The number of hydrogen-bond donors (Lipinski definition) is 2. The number of benzene rings is 2. The lowest BCUT2D eigenvalue weighted by molar-refractivity contribution is 0.0950. The van der Waals surface area contributed by atoms with Crippen LogP contribution in [0.5, 0.6) is 5.88 Å². The van der Waals surface area contributed by atoms with Crippen LogP contribution in [-0.4, -0.2) is 28.0 Å². The van der Waals surface area contributed by atoms with Gasteiger partial charge in [-0.1, -0.05) is 24.3 Å². The number of hydrogen-bond acceptors (Lipinski definition) is 6. The summed E-state index contributed by atoms with van der Waals surface area (Å²) in [6, 6.07) is 19.8. The molecule has 5 aromatic rings. The highest BCUT2D eigenvalue weighted by atomic mass is 16.5. The van der Waals surface area contributed by atoms with E-state index >= 15 is 0 Å². The Hall–Kier alpha value is -4.52. The summed E-state index contributed by atoms with van der Waals surface area (Å²) in [6.45, 7) is 2.36. The van der Waals surface area contributed by atoms with Gasteiger partial charge in [0.2, 0.25) is 5.88 Å². The SMILES string of the molecule is COc1ncc(C(=O)NCc2ccc3c(N)nccc3c2)cc1Cc1ccc2nc(C)ccc2c1. The van der Waals surface area contributed by atoms with Gasteiger partial charge in [-0.15, -0.1) is 0 Å². The van der Waals surface area contributed by atoms with Crippen LogP contribution < -0.4 is 15.8 Å². The van der Waals surface area contributed by atoms with Gasteiger partial charge in [0.05, 0.1) is 18.2 Å². The van der Waals surface area contributed by atoms with Crippen molar-refractivity contribution in [1.29, 1.82) is 0 Å². The monoisotopic (exact) mass is 463 g/mol. The molecule has 174 valence electrons. The van der Waals surface area contributed by atoms with E-state index in [0.717, 1.165) is 44.1 Å². The van der Waals surface area contributed by atoms with E-state index in [-0.39, 0.29) is 5.91 Å². The average Bonchev–Trinajstić information content (AvgIpc) is 2.87. The van der Waals surface area contributed by atoms with Crippen LogP contribution in [0.15, 0.2) is 73.1 Å². The first-order valence-corrected chi connectivity index (χ1v) is 11.3. The molecule has 0 aliphatic heterocycles. The van der Waals surface area contributed by atoms with E-state index in [0.29, 0.717) is 30.2 Å². The van der Waals surface area contributed by atoms with Gasteiger partial charge >= 0.3 is 0 Å². The molecule has 35 heavy (non-hydrogen) atoms. The van der Waals surface area contributed by atoms with Gasteiger partial charge in [0.1, 0.15) is 5.82 Å². The highest BCUT2D eigenvalue weighted by Gasteiger charge is 2.13. The van der Waals surface area contributed by atoms with Crippen molar-refractivity contribution in [2.75, 3.05) is 12.8 Å². The van der Waals surface area contributed by atoms with Crippen molar-refractivity contribution in [3.05, 3.63) is 101 Å². The van der Waals surface area contributed by atoms with Gasteiger partial charge in [0, 0.05) is 47.4 Å². The summed E-state index contributed by atoms with van der Waals surface area (Å²) in [5.41, 5.74) is 11.3. The van der Waals surface area contributed by atoms with Crippen LogP contribution in [0.3, 0.4) is 0 Å². The molecule has 3 heterocycles. The Morgan fingerprint density at radius 1 is 0.971 bits per heavy atom. The summed E-state index contributed by atoms with van der Waals surface area (Å²) in [4.78, 5) is 26.0. The third-order valence-electron chi connectivity index (χ3n) is 5.98. The van der Waals surface area contributed by atoms with E-state index in [1.54, 1.807) is 13.3 Å². The van der Waals surface area contributed by atoms with E-state index in [1.807, 2.05) is 55.5 Å². The van der Waals surface area contributed by atoms with Gasteiger partial charge in [0.15, 0.2) is 0 Å². The predicted molar refractivity (Wildman–Crippen MR) is 137 cm³/mol. The second-order valence-corrected chi connectivity index (χ2v) is 8.48. The van der Waals surface area contributed by atoms with Crippen LogP contribution in [0.25, 0.3) is 21.7 Å². The average molecular weight is 464 g/mol. The minimum atomic E-state index is -0.200. The van der Waals surface area contributed by atoms with Crippen LogP contribution in [0.2, 0.25) is 0 Å². The Balaban J connectivity index is 1.34. The molecule has 0 unspecified atom stereocenters. The Kier molecular flexibility index (Phi) is 5.97. The molecule has 0 bridgehead atoms. The number of nitrogen functional groups attached to an aromatic ring is 1. The fraction of sp³-hybridized carbons (Fsp3) is 0.143. The molecule has 0 saturated heterocycles. The molecule has 7 nitrogen and oxygen atoms in total. The summed E-state index contributed by atoms with van der Waals surface area (Å²) in [7, 11) is 1.58. The van der Waals surface area contributed by atoms with Crippen molar-refractivity contribution in [1.82, 2.24) is 20.3 Å². The number of amides is 1. The predicted octanol–water partition coefficient (Wildman–Crippen LogP) is 4.60. The van der Waals surface area contributed by atoms with Crippen molar-refractivity contribution in [2.45, 2.75) is 19.9 Å². The van der Waals surface area contributed by atoms with Crippen molar-refractivity contribution < 1.29 is 9.53 Å². The van der Waals surface area contributed by atoms with Crippen LogP contribution >= 0.6 is 0 Å². The molecule has 2 aromatic carbocycles. The number of methoxy groups -OCH3 is 1. The molecule has 7 heteroatoms. The molecule has 0 aliphatic rings. The van der Waals surface area contributed by atoms with Gasteiger partial charge in [-0.05, 0) is 59.8 Å². The molecule has 0 spiro atoms. The number of fused-ring (bicyclic) bond motifs is 2. The number of nitrogens with zero attached hydrogens (tertiary/aromatic N) is 3. The first-order chi connectivity index (χ1) is 17.0. The van der Waals surface area contributed by atoms with Crippen molar-refractivity contribution in [3.8, 4) is 5.88 Å². The third kappa shape index (κ3) is 4.75. The zero-order chi connectivity index (χ0) is 24.4. The Bertz CT molecular complexity index is 1560. The normalized spacial score (nSPS) is 11.0. The Labute approximate surface area is 203 Å². The number of carbonyl (C=O) groups excluding carboxylic acids is 1. The number of anilines is 1. The number of carbonyl (C=O) groups is 1. The minimum Gasteiger partial charge on any atom is -0.481 e. The van der Waals surface area contributed by atoms with Crippen molar-refractivity contribution in [3.63, 3.8) is 0 Å². The molecule has 0 saturated carbocycles. The first-order valence-electron chi connectivity index (χ1n) is 11.3. The fourth-order valence-corrected chi connectivity index (χ4v) is 4.18. The topological polar surface area (TPSA) is 103 Å². The molecule has 5 rings (SSSR count). The zero-order valence-corrected chi connectivity index (χ0v) is 19.6. The summed E-state index contributed by atoms with van der Waals surface area (Å²) in [5.74, 6) is 0.797. The lowest BCUT2D eigenvalue weighted by atomic mass is 10.0. The molecular weight excluding hydrogens is 438 g/mol. The first kappa shape index (κ1) is 22.3. The highest BCUT2D eigenvalue weighted by molar-refractivity contribution is 5.94. The van der Waals surface area contributed by atoms with Gasteiger partial charge < -0.3 is 15.8 Å². The lowest BCUT2D eigenvalue weighted by Gasteiger charge is -2.11. The van der Waals surface area contributed by atoms with Crippen LogP contribution in [0.1, 0.15) is 32.7 Å². The standard InChI is InChI=1S/C28H25N5O2/c1-17-3-6-21-11-18(5-8-25(21)33-17)12-22-14-23(16-32-28(22)35-2)27(34)31-15-19-4-7-24-20(13-19)9-10-30-26(24)29/h3-11,13-14,16H,12,15H2,1-2H3,(H2,29,30)(H,31,34). The van der Waals surface area contributed by atoms with Crippen LogP contribution in [0.4, 0.5) is 5.82 Å². The number of nitrogens with two attached hydrogens (primary N) is 1. The second-order valence-electron chi connectivity index (χ2n) is 8.48. The maximum atomic E-state index is 12.9. The molecule has 0 atom stereocenters. The molecule has 3 aromatic heterocycles. The molecule has 1 amide bonds. The maximum absolute atomic E-state index is 12.9. The Morgan fingerprint density at radius 3 is 2.66 bits per heavy atom. The summed E-state index contributed by atoms with van der Waals surface area (Å²) >= 11 is 0. The molecule has 0 radical (unpaired) electrons. The highest BCUT2D eigenvalue weighted by Crippen LogP contribution is 2.23. The van der Waals surface area contributed by atoms with Gasteiger partial charge in [-0.25, -0.2) is 9.97 Å². The smallest absolute Gasteiger partial charge is 0.253 e. The zero-order valence-electron chi connectivity index (χ0n) is 19.6. The van der Waals surface area contributed by atoms with E-state index in [2.05, 4.69) is 32.4 Å². The summed E-state index contributed by atoms with van der Waals surface area (Å²) in [5, 5.41) is 5.93. The summed E-state index contributed by atoms with van der Waals surface area (Å²) < 4.78 is 5.46. The molecule has 0 fully saturated rings. The van der Waals surface area contributed by atoms with Crippen molar-refractivity contribution >= 4 is 33.4 Å². The van der Waals surface area contributed by atoms with Gasteiger partial charge in [-0.2, -0.15) is 0 Å². The number of aromatic nitrogens is 3. The van der Waals surface area contributed by atoms with Gasteiger partial charge in [0.25, 0.3) is 5.91 Å². The van der Waals surface area contributed by atoms with E-state index < -0.39 is 0 Å². The molecule has 0 aliphatic carbocycles. The molecular formula is C28H25N5O2. The van der Waals surface area contributed by atoms with Crippen LogP contribution in [-0.2, 0) is 13.0 Å². The third-order valence-corrected chi connectivity index (χ3v) is 5.98. The van der Waals surface area contributed by atoms with Gasteiger partial charge in [-0.3, -0.25) is 9.78 Å². The minimum absolute atomic E-state index is 0.200. The number of rotatable bonds is 6. The van der Waals surface area contributed by atoms with Crippen molar-refractivity contribution in [2.24, 2.45) is 0 Å². The lowest BCUT2D eigenvalue weighted by Crippen LogP contribution is -2.23. The number of aryl methyl sites for hydroxylation is 1. The summed E-state index contributed by atoms with van der Waals surface area (Å²) in [6.07, 6.45) is 3.80. The van der Waals surface area contributed by atoms with Crippen LogP contribution in [0, 0.1) is 6.92 Å². The quantitative estimate of drug-likeness (QED) is 0.382. The van der Waals surface area contributed by atoms with E-state index in [4.69, 9.17) is 10.5 Å². The maximum Gasteiger partial charge on any atom is 0.253 e. The number of pyridine rings is 3. The fourth-order valence-electron chi connectivity index (χ4n) is 4.18. The van der Waals surface area contributed by atoms with E-state index in [9.17, 15) is 4.79 Å². The Morgan fingerprint density at radius 2 is 1.80 bits per heavy atom. The number of ether oxygens (including phenoxy) is 1. The molecule has 3 N–H and O–H groups in total. The second kappa shape index (κ2) is 9.38. The largest absolute Gasteiger partial charge is 0.481 e. The van der Waals surface area contributed by atoms with E-state index in [1.165, 1.54) is 6.20 Å².